The van der Waals surface area contributed by atoms with Gasteiger partial charge < -0.3 is 5.11 Å². The summed E-state index contributed by atoms with van der Waals surface area (Å²) in [7, 11) is 2.07. The first-order valence-corrected chi connectivity index (χ1v) is 5.30. The van der Waals surface area contributed by atoms with E-state index in [1.165, 1.54) is 5.56 Å². The first kappa shape index (κ1) is 12.1. The van der Waals surface area contributed by atoms with E-state index < -0.39 is 0 Å². The molecule has 0 aliphatic heterocycles. The van der Waals surface area contributed by atoms with Gasteiger partial charge in [-0.15, -0.1) is 0 Å². The minimum absolute atomic E-state index is 0.121. The molecule has 0 saturated carbocycles. The molecule has 1 aromatic carbocycles. The number of phenolic OH excluding ortho intramolecular Hbond substituents is 1. The first-order chi connectivity index (χ1) is 6.80. The Morgan fingerprint density at radius 2 is 1.87 bits per heavy atom. The van der Waals surface area contributed by atoms with E-state index in [-0.39, 0.29) is 5.54 Å². The van der Waals surface area contributed by atoms with Crippen molar-refractivity contribution in [3.8, 4) is 5.75 Å². The Labute approximate surface area is 92.5 Å². The predicted octanol–water partition coefficient (Wildman–Crippen LogP) is 2.93. The van der Waals surface area contributed by atoms with Gasteiger partial charge in [0.05, 0.1) is 0 Å². The van der Waals surface area contributed by atoms with E-state index >= 15 is 0 Å². The van der Waals surface area contributed by atoms with E-state index in [1.54, 1.807) is 6.07 Å². The van der Waals surface area contributed by atoms with Crippen LogP contribution in [0.2, 0.25) is 0 Å². The number of hydrogen-bond donors (Lipinski definition) is 1. The second-order valence-electron chi connectivity index (χ2n) is 5.16. The summed E-state index contributed by atoms with van der Waals surface area (Å²) in [5.74, 6) is 0.386. The number of hydrogen-bond acceptors (Lipinski definition) is 2. The molecule has 0 aromatic heterocycles. The van der Waals surface area contributed by atoms with Gasteiger partial charge in [0.25, 0.3) is 0 Å². The van der Waals surface area contributed by atoms with E-state index in [0.717, 1.165) is 12.1 Å². The second kappa shape index (κ2) is 4.23. The van der Waals surface area contributed by atoms with Crippen molar-refractivity contribution >= 4 is 0 Å². The molecule has 15 heavy (non-hydrogen) atoms. The summed E-state index contributed by atoms with van der Waals surface area (Å²) in [6, 6.07) is 5.73. The zero-order chi connectivity index (χ0) is 11.6. The smallest absolute Gasteiger partial charge is 0.120 e. The zero-order valence-electron chi connectivity index (χ0n) is 10.3. The van der Waals surface area contributed by atoms with Crippen LogP contribution in [-0.2, 0) is 6.54 Å². The van der Waals surface area contributed by atoms with Crippen molar-refractivity contribution in [2.45, 2.75) is 39.8 Å². The molecule has 2 nitrogen and oxygen atoms in total. The lowest BCUT2D eigenvalue weighted by Crippen LogP contribution is -2.37. The van der Waals surface area contributed by atoms with Gasteiger partial charge >= 0.3 is 0 Å². The first-order valence-electron chi connectivity index (χ1n) is 5.30. The molecule has 0 atom stereocenters. The normalized spacial score (nSPS) is 12.1. The summed E-state index contributed by atoms with van der Waals surface area (Å²) in [6.45, 7) is 9.32. The number of nitrogens with zero attached hydrogens (tertiary/aromatic N) is 1. The summed E-state index contributed by atoms with van der Waals surface area (Å²) in [5, 5.41) is 9.72. The molecule has 1 rings (SSSR count). The van der Waals surface area contributed by atoms with Crippen LogP contribution >= 0.6 is 0 Å². The third kappa shape index (κ3) is 3.24. The second-order valence-corrected chi connectivity index (χ2v) is 5.16. The van der Waals surface area contributed by atoms with Crippen molar-refractivity contribution in [1.82, 2.24) is 4.90 Å². The van der Waals surface area contributed by atoms with Crippen molar-refractivity contribution in [1.29, 1.82) is 0 Å². The number of aryl methyl sites for hydroxylation is 1. The summed E-state index contributed by atoms with van der Waals surface area (Å²) in [6.07, 6.45) is 0. The largest absolute Gasteiger partial charge is 0.508 e. The third-order valence-electron chi connectivity index (χ3n) is 2.79. The number of phenols is 1. The molecule has 0 aliphatic rings. The Bertz CT molecular complexity index is 339. The molecule has 0 unspecified atom stereocenters. The maximum Gasteiger partial charge on any atom is 0.120 e. The van der Waals surface area contributed by atoms with E-state index in [2.05, 4.69) is 32.7 Å². The molecule has 0 fully saturated rings. The van der Waals surface area contributed by atoms with E-state index in [9.17, 15) is 5.11 Å². The maximum absolute atomic E-state index is 9.72. The summed E-state index contributed by atoms with van der Waals surface area (Å²) >= 11 is 0. The summed E-state index contributed by atoms with van der Waals surface area (Å²) in [5.41, 5.74) is 2.30. The monoisotopic (exact) mass is 207 g/mol. The SMILES string of the molecule is Cc1ccc(O)c(CN(C)C(C)(C)C)c1. The lowest BCUT2D eigenvalue weighted by molar-refractivity contribution is 0.166. The van der Waals surface area contributed by atoms with Gasteiger partial charge in [-0.3, -0.25) is 4.90 Å². The highest BCUT2D eigenvalue weighted by atomic mass is 16.3. The molecule has 0 saturated heterocycles. The van der Waals surface area contributed by atoms with Crippen LogP contribution in [0.25, 0.3) is 0 Å². The third-order valence-corrected chi connectivity index (χ3v) is 2.79. The minimum atomic E-state index is 0.121. The average molecular weight is 207 g/mol. The summed E-state index contributed by atoms with van der Waals surface area (Å²) in [4.78, 5) is 2.22. The Kier molecular flexibility index (Phi) is 3.40. The van der Waals surface area contributed by atoms with Gasteiger partial charge in [-0.05, 0) is 40.8 Å². The van der Waals surface area contributed by atoms with Crippen molar-refractivity contribution in [2.24, 2.45) is 0 Å². The number of benzene rings is 1. The molecule has 0 amide bonds. The van der Waals surface area contributed by atoms with Gasteiger partial charge in [-0.1, -0.05) is 17.7 Å². The van der Waals surface area contributed by atoms with Crippen LogP contribution in [0, 0.1) is 6.92 Å². The van der Waals surface area contributed by atoms with Crippen LogP contribution < -0.4 is 0 Å². The molecule has 1 aromatic rings. The fourth-order valence-corrected chi connectivity index (χ4v) is 1.33. The molecule has 0 heterocycles. The molecular formula is C13H21NO. The summed E-state index contributed by atoms with van der Waals surface area (Å²) < 4.78 is 0. The highest BCUT2D eigenvalue weighted by Gasteiger charge is 2.17. The Morgan fingerprint density at radius 3 is 2.40 bits per heavy atom. The van der Waals surface area contributed by atoms with Gasteiger partial charge in [-0.2, -0.15) is 0 Å². The van der Waals surface area contributed by atoms with Crippen LogP contribution in [0.5, 0.6) is 5.75 Å². The van der Waals surface area contributed by atoms with Crippen molar-refractivity contribution in [2.75, 3.05) is 7.05 Å². The highest BCUT2D eigenvalue weighted by Crippen LogP contribution is 2.22. The van der Waals surface area contributed by atoms with Crippen LogP contribution in [-0.4, -0.2) is 22.6 Å². The Morgan fingerprint density at radius 1 is 1.27 bits per heavy atom. The van der Waals surface area contributed by atoms with Gasteiger partial charge in [0.15, 0.2) is 0 Å². The predicted molar refractivity (Wildman–Crippen MR) is 64.1 cm³/mol. The van der Waals surface area contributed by atoms with E-state index in [1.807, 2.05) is 19.1 Å². The van der Waals surface area contributed by atoms with Gasteiger partial charge in [0.1, 0.15) is 5.75 Å². The van der Waals surface area contributed by atoms with Crippen LogP contribution in [0.3, 0.4) is 0 Å². The van der Waals surface area contributed by atoms with Crippen LogP contribution in [0.1, 0.15) is 31.9 Å². The quantitative estimate of drug-likeness (QED) is 0.806. The molecule has 1 N–H and O–H groups in total. The van der Waals surface area contributed by atoms with Crippen LogP contribution in [0.15, 0.2) is 18.2 Å². The standard InChI is InChI=1S/C13H21NO/c1-10-6-7-12(15)11(8-10)9-14(5)13(2,3)4/h6-8,15H,9H2,1-5H3. The Balaban J connectivity index is 2.85. The molecule has 0 aliphatic carbocycles. The molecular weight excluding hydrogens is 186 g/mol. The molecule has 0 radical (unpaired) electrons. The van der Waals surface area contributed by atoms with Crippen LogP contribution in [0.4, 0.5) is 0 Å². The molecule has 2 heteroatoms. The molecule has 0 bridgehead atoms. The number of rotatable bonds is 2. The lowest BCUT2D eigenvalue weighted by atomic mass is 10.0. The fraction of sp³-hybridized carbons (Fsp3) is 0.538. The molecule has 84 valence electrons. The zero-order valence-corrected chi connectivity index (χ0v) is 10.3. The number of aromatic hydroxyl groups is 1. The topological polar surface area (TPSA) is 23.5 Å². The van der Waals surface area contributed by atoms with Crippen molar-refractivity contribution in [3.05, 3.63) is 29.3 Å². The molecule has 0 spiro atoms. The van der Waals surface area contributed by atoms with E-state index in [0.29, 0.717) is 5.75 Å². The van der Waals surface area contributed by atoms with Crippen molar-refractivity contribution in [3.63, 3.8) is 0 Å². The maximum atomic E-state index is 9.72. The Hall–Kier alpha value is -1.02. The van der Waals surface area contributed by atoms with Gasteiger partial charge in [0, 0.05) is 17.6 Å². The van der Waals surface area contributed by atoms with Gasteiger partial charge in [0.2, 0.25) is 0 Å². The van der Waals surface area contributed by atoms with Gasteiger partial charge in [-0.25, -0.2) is 0 Å². The van der Waals surface area contributed by atoms with E-state index in [4.69, 9.17) is 0 Å². The fourth-order valence-electron chi connectivity index (χ4n) is 1.33. The van der Waals surface area contributed by atoms with Crippen molar-refractivity contribution < 1.29 is 5.11 Å². The minimum Gasteiger partial charge on any atom is -0.508 e. The average Bonchev–Trinajstić information content (AvgIpc) is 2.09. The highest BCUT2D eigenvalue weighted by molar-refractivity contribution is 5.35. The lowest BCUT2D eigenvalue weighted by Gasteiger charge is -2.32.